The lowest BCUT2D eigenvalue weighted by molar-refractivity contribution is -0.234. The van der Waals surface area contributed by atoms with Gasteiger partial charge in [-0.15, -0.1) is 6.58 Å². The lowest BCUT2D eigenvalue weighted by atomic mass is 10.2. The van der Waals surface area contributed by atoms with Crippen molar-refractivity contribution in [3.63, 3.8) is 0 Å². The minimum absolute atomic E-state index is 0.143. The van der Waals surface area contributed by atoms with Gasteiger partial charge in [0.1, 0.15) is 0 Å². The van der Waals surface area contributed by atoms with Crippen molar-refractivity contribution in [3.05, 3.63) is 12.7 Å². The molecule has 86 valence electrons. The van der Waals surface area contributed by atoms with Crippen molar-refractivity contribution in [1.82, 2.24) is 5.06 Å². The van der Waals surface area contributed by atoms with E-state index in [0.29, 0.717) is 6.41 Å². The van der Waals surface area contributed by atoms with Gasteiger partial charge in [-0.2, -0.15) is 0 Å². The van der Waals surface area contributed by atoms with Gasteiger partial charge in [0, 0.05) is 0 Å². The molecule has 0 spiro atoms. The van der Waals surface area contributed by atoms with Crippen molar-refractivity contribution < 1.29 is 19.5 Å². The molecule has 0 aliphatic carbocycles. The van der Waals surface area contributed by atoms with E-state index < -0.39 is 17.6 Å². The molecule has 0 saturated heterocycles. The predicted octanol–water partition coefficient (Wildman–Crippen LogP) is 1.20. The van der Waals surface area contributed by atoms with Crippen LogP contribution in [0.3, 0.4) is 0 Å². The zero-order chi connectivity index (χ0) is 12.1. The minimum atomic E-state index is -1.12. The third-order valence-corrected chi connectivity index (χ3v) is 1.47. The number of carbonyl (C=O) groups is 2. The summed E-state index contributed by atoms with van der Waals surface area (Å²) < 4.78 is 0. The Morgan fingerprint density at radius 1 is 1.60 bits per heavy atom. The number of hydrogen-bond donors (Lipinski definition) is 1. The zero-order valence-electron chi connectivity index (χ0n) is 9.27. The van der Waals surface area contributed by atoms with E-state index in [0.717, 1.165) is 5.06 Å². The Balaban J connectivity index is 4.66. The average molecular weight is 215 g/mol. The molecule has 0 radical (unpaired) electrons. The highest BCUT2D eigenvalue weighted by molar-refractivity contribution is 5.76. The molecule has 0 heterocycles. The van der Waals surface area contributed by atoms with Crippen LogP contribution in [0.1, 0.15) is 27.2 Å². The molecule has 0 bridgehead atoms. The van der Waals surface area contributed by atoms with Crippen molar-refractivity contribution >= 4 is 12.4 Å². The summed E-state index contributed by atoms with van der Waals surface area (Å²) in [6.07, 6.45) is 1.94. The van der Waals surface area contributed by atoms with Gasteiger partial charge in [0.2, 0.25) is 6.41 Å². The molecule has 0 aromatic heterocycles. The second-order valence-electron chi connectivity index (χ2n) is 4.05. The van der Waals surface area contributed by atoms with Crippen LogP contribution in [0.25, 0.3) is 0 Å². The highest BCUT2D eigenvalue weighted by Gasteiger charge is 2.27. The normalized spacial score (nSPS) is 13.0. The van der Waals surface area contributed by atoms with Crippen LogP contribution in [0.5, 0.6) is 0 Å². The first-order chi connectivity index (χ1) is 6.81. The van der Waals surface area contributed by atoms with E-state index in [1.807, 2.05) is 0 Å². The molecule has 1 N–H and O–H groups in total. The molecule has 0 aromatic carbocycles. The first-order valence-corrected chi connectivity index (χ1v) is 4.58. The van der Waals surface area contributed by atoms with Crippen LogP contribution in [0.4, 0.5) is 0 Å². The second kappa shape index (κ2) is 5.50. The van der Waals surface area contributed by atoms with Crippen LogP contribution in [-0.2, 0) is 14.4 Å². The molecule has 0 rings (SSSR count). The number of rotatable bonds is 6. The van der Waals surface area contributed by atoms with Crippen molar-refractivity contribution in [2.45, 2.75) is 38.8 Å². The van der Waals surface area contributed by atoms with Crippen LogP contribution < -0.4 is 0 Å². The average Bonchev–Trinajstić information content (AvgIpc) is 2.08. The van der Waals surface area contributed by atoms with Gasteiger partial charge < -0.3 is 5.11 Å². The summed E-state index contributed by atoms with van der Waals surface area (Å²) >= 11 is 0. The Labute approximate surface area is 89.3 Å². The number of carboxylic acid groups (broad SMARTS) is 1. The molecule has 0 fully saturated rings. The first-order valence-electron chi connectivity index (χ1n) is 4.58. The van der Waals surface area contributed by atoms with E-state index in [4.69, 9.17) is 9.94 Å². The van der Waals surface area contributed by atoms with E-state index in [1.165, 1.54) is 6.08 Å². The van der Waals surface area contributed by atoms with E-state index >= 15 is 0 Å². The summed E-state index contributed by atoms with van der Waals surface area (Å²) in [6.45, 7) is 8.63. The maximum Gasteiger partial charge on any atom is 0.329 e. The lowest BCUT2D eigenvalue weighted by Gasteiger charge is -2.30. The van der Waals surface area contributed by atoms with Crippen molar-refractivity contribution in [1.29, 1.82) is 0 Å². The standard InChI is InChI=1S/C10H17NO4/c1-5-6-8(9(13)14)11(7-12)15-10(2,3)4/h5,7-8H,1,6H2,2-4H3,(H,13,14). The Hall–Kier alpha value is -1.36. The Bertz CT molecular complexity index is 244. The zero-order valence-corrected chi connectivity index (χ0v) is 9.27. The van der Waals surface area contributed by atoms with Crippen LogP contribution in [-0.4, -0.2) is 34.2 Å². The second-order valence-corrected chi connectivity index (χ2v) is 4.05. The summed E-state index contributed by atoms with van der Waals surface area (Å²) in [5, 5.41) is 9.68. The maximum absolute atomic E-state index is 10.8. The van der Waals surface area contributed by atoms with Crippen molar-refractivity contribution in [2.75, 3.05) is 0 Å². The molecule has 5 nitrogen and oxygen atoms in total. The molecule has 15 heavy (non-hydrogen) atoms. The highest BCUT2D eigenvalue weighted by Crippen LogP contribution is 2.13. The fourth-order valence-electron chi connectivity index (χ4n) is 0.946. The van der Waals surface area contributed by atoms with Crippen LogP contribution in [0, 0.1) is 0 Å². The predicted molar refractivity (Wildman–Crippen MR) is 55.0 cm³/mol. The molecule has 5 heteroatoms. The van der Waals surface area contributed by atoms with Gasteiger partial charge in [-0.3, -0.25) is 9.63 Å². The number of carboxylic acids is 1. The van der Waals surface area contributed by atoms with E-state index in [9.17, 15) is 9.59 Å². The Morgan fingerprint density at radius 2 is 2.13 bits per heavy atom. The van der Waals surface area contributed by atoms with Crippen LogP contribution >= 0.6 is 0 Å². The molecule has 1 unspecified atom stereocenters. The van der Waals surface area contributed by atoms with Gasteiger partial charge in [0.25, 0.3) is 0 Å². The molecule has 1 amide bonds. The van der Waals surface area contributed by atoms with Gasteiger partial charge in [0.05, 0.1) is 5.60 Å². The first kappa shape index (κ1) is 13.6. The smallest absolute Gasteiger partial charge is 0.329 e. The third-order valence-electron chi connectivity index (χ3n) is 1.47. The molecular weight excluding hydrogens is 198 g/mol. The van der Waals surface area contributed by atoms with Gasteiger partial charge in [-0.05, 0) is 27.2 Å². The van der Waals surface area contributed by atoms with Crippen LogP contribution in [0.15, 0.2) is 12.7 Å². The third kappa shape index (κ3) is 5.17. The topological polar surface area (TPSA) is 66.8 Å². The van der Waals surface area contributed by atoms with Crippen molar-refractivity contribution in [3.8, 4) is 0 Å². The van der Waals surface area contributed by atoms with E-state index in [1.54, 1.807) is 20.8 Å². The largest absolute Gasteiger partial charge is 0.480 e. The fourth-order valence-corrected chi connectivity index (χ4v) is 0.946. The number of aliphatic carboxylic acids is 1. The van der Waals surface area contributed by atoms with Gasteiger partial charge in [-0.1, -0.05) is 6.08 Å². The quantitative estimate of drug-likeness (QED) is 0.411. The number of amides is 1. The van der Waals surface area contributed by atoms with Crippen molar-refractivity contribution in [2.24, 2.45) is 0 Å². The van der Waals surface area contributed by atoms with Crippen LogP contribution in [0.2, 0.25) is 0 Å². The lowest BCUT2D eigenvalue weighted by Crippen LogP contribution is -2.44. The highest BCUT2D eigenvalue weighted by atomic mass is 16.7. The number of carbonyl (C=O) groups excluding carboxylic acids is 1. The monoisotopic (exact) mass is 215 g/mol. The SMILES string of the molecule is C=CCC(C(=O)O)N(C=O)OC(C)(C)C. The maximum atomic E-state index is 10.8. The number of hydrogen-bond acceptors (Lipinski definition) is 3. The summed E-state index contributed by atoms with van der Waals surface area (Å²) in [5.74, 6) is -1.12. The molecule has 0 saturated carbocycles. The molecule has 0 aliphatic heterocycles. The fraction of sp³-hybridized carbons (Fsp3) is 0.600. The molecule has 1 atom stereocenters. The van der Waals surface area contributed by atoms with Gasteiger partial charge in [-0.25, -0.2) is 9.86 Å². The summed E-state index contributed by atoms with van der Waals surface area (Å²) in [4.78, 5) is 26.8. The summed E-state index contributed by atoms with van der Waals surface area (Å²) in [7, 11) is 0. The number of nitrogens with zero attached hydrogens (tertiary/aromatic N) is 1. The minimum Gasteiger partial charge on any atom is -0.480 e. The summed E-state index contributed by atoms with van der Waals surface area (Å²) in [6, 6.07) is -1.03. The number of hydroxylamine groups is 2. The van der Waals surface area contributed by atoms with Gasteiger partial charge >= 0.3 is 5.97 Å². The molecule has 0 aliphatic rings. The molecular formula is C10H17NO4. The van der Waals surface area contributed by atoms with E-state index in [2.05, 4.69) is 6.58 Å². The summed E-state index contributed by atoms with van der Waals surface area (Å²) in [5.41, 5.74) is -0.615. The Morgan fingerprint density at radius 3 is 2.40 bits per heavy atom. The van der Waals surface area contributed by atoms with Gasteiger partial charge in [0.15, 0.2) is 6.04 Å². The molecule has 0 aromatic rings. The Kier molecular flexibility index (Phi) is 5.00. The van der Waals surface area contributed by atoms with E-state index in [-0.39, 0.29) is 6.42 Å².